The van der Waals surface area contributed by atoms with Gasteiger partial charge in [-0.1, -0.05) is 37.7 Å². The van der Waals surface area contributed by atoms with E-state index in [1.807, 2.05) is 13.8 Å². The Hall–Kier alpha value is -1.40. The number of aromatic nitrogens is 2. The Morgan fingerprint density at radius 2 is 2.10 bits per heavy atom. The summed E-state index contributed by atoms with van der Waals surface area (Å²) in [7, 11) is -3.40. The molecule has 2 unspecified atom stereocenters. The van der Waals surface area contributed by atoms with Gasteiger partial charge in [0.1, 0.15) is 17.5 Å². The van der Waals surface area contributed by atoms with E-state index in [0.29, 0.717) is 28.3 Å². The van der Waals surface area contributed by atoms with E-state index in [2.05, 4.69) is 9.51 Å². The molecule has 0 amide bonds. The van der Waals surface area contributed by atoms with Gasteiger partial charge in [0, 0.05) is 23.2 Å². The highest BCUT2D eigenvalue weighted by molar-refractivity contribution is 7.71. The third kappa shape index (κ3) is 7.31. The third-order valence-corrected chi connectivity index (χ3v) is 5.77. The van der Waals surface area contributed by atoms with Crippen LogP contribution >= 0.6 is 32.0 Å². The van der Waals surface area contributed by atoms with Crippen LogP contribution in [-0.4, -0.2) is 37.7 Å². The van der Waals surface area contributed by atoms with Crippen LogP contribution in [0.15, 0.2) is 35.3 Å². The van der Waals surface area contributed by atoms with Crippen molar-refractivity contribution in [1.82, 2.24) is 9.55 Å². The van der Waals surface area contributed by atoms with E-state index < -0.39 is 21.3 Å². The fourth-order valence-electron chi connectivity index (χ4n) is 2.65. The average molecular weight is 496 g/mol. The molecule has 172 valence electrons. The zero-order valence-electron chi connectivity index (χ0n) is 16.9. The molecule has 0 bridgehead atoms. The second kappa shape index (κ2) is 12.0. The molecule has 4 rings (SSSR count). The highest BCUT2D eigenvalue weighted by atomic mass is 35.5. The largest absolute Gasteiger partial charge is 0.621 e. The Morgan fingerprint density at radius 3 is 2.71 bits per heavy atom. The number of halogens is 1. The Morgan fingerprint density at radius 1 is 1.35 bits per heavy atom. The topological polar surface area (TPSA) is 135 Å². The maximum absolute atomic E-state index is 11.4. The Bertz CT molecular complexity index is 974. The van der Waals surface area contributed by atoms with E-state index in [1.165, 1.54) is 4.57 Å². The third-order valence-electron chi connectivity index (χ3n) is 3.98. The lowest BCUT2D eigenvalue weighted by Crippen LogP contribution is -2.26. The Labute approximate surface area is 189 Å². The van der Waals surface area contributed by atoms with Gasteiger partial charge in [-0.3, -0.25) is 14.1 Å². The smallest absolute Gasteiger partial charge is 0.368 e. The summed E-state index contributed by atoms with van der Waals surface area (Å²) in [6, 6.07) is 6.55. The van der Waals surface area contributed by atoms with Crippen molar-refractivity contribution in [2.45, 2.75) is 45.8 Å². The van der Waals surface area contributed by atoms with E-state index in [1.54, 1.807) is 30.5 Å². The van der Waals surface area contributed by atoms with Crippen LogP contribution in [0.5, 0.6) is 5.75 Å². The van der Waals surface area contributed by atoms with Gasteiger partial charge in [-0.15, -0.1) is 9.05 Å². The van der Waals surface area contributed by atoms with Crippen molar-refractivity contribution in [1.29, 1.82) is 0 Å². The number of H-pyrrole nitrogens is 1. The van der Waals surface area contributed by atoms with Gasteiger partial charge in [-0.05, 0) is 30.7 Å². The minimum absolute atomic E-state index is 0.139. The zero-order chi connectivity index (χ0) is 23.0. The van der Waals surface area contributed by atoms with Crippen molar-refractivity contribution in [2.75, 3.05) is 6.79 Å². The van der Waals surface area contributed by atoms with Crippen LogP contribution in [0.1, 0.15) is 38.5 Å². The van der Waals surface area contributed by atoms with Crippen LogP contribution in [0.3, 0.4) is 0 Å². The number of fused-ring (bicyclic) bond motifs is 1. The number of aliphatic hydroxyl groups is 2. The minimum Gasteiger partial charge on any atom is -0.368 e. The van der Waals surface area contributed by atoms with Gasteiger partial charge >= 0.3 is 13.9 Å². The van der Waals surface area contributed by atoms with Gasteiger partial charge < -0.3 is 14.9 Å². The first-order valence-corrected chi connectivity index (χ1v) is 11.7. The molecular weight excluding hydrogens is 471 g/mol. The molecule has 1 saturated heterocycles. The summed E-state index contributed by atoms with van der Waals surface area (Å²) in [4.78, 5) is 23.5. The van der Waals surface area contributed by atoms with E-state index in [4.69, 9.17) is 47.8 Å². The molecule has 3 atom stereocenters. The van der Waals surface area contributed by atoms with Crippen LogP contribution in [0.2, 0.25) is 5.02 Å². The molecule has 13 heteroatoms. The first kappa shape index (κ1) is 25.9. The Balaban J connectivity index is 0.000000204. The van der Waals surface area contributed by atoms with Gasteiger partial charge in [0.2, 0.25) is 0 Å². The quantitative estimate of drug-likeness (QED) is 0.287. The monoisotopic (exact) mass is 495 g/mol. The predicted molar refractivity (Wildman–Crippen MR) is 117 cm³/mol. The van der Waals surface area contributed by atoms with Crippen molar-refractivity contribution in [3.63, 3.8) is 0 Å². The summed E-state index contributed by atoms with van der Waals surface area (Å²) in [6.07, 6.45) is 1.60. The molecule has 0 spiro atoms. The van der Waals surface area contributed by atoms with E-state index >= 15 is 0 Å². The number of rotatable bonds is 3. The molecule has 10 nitrogen and oxygen atoms in total. The molecular formula is C18H25ClN2O8PS+. The number of benzene rings is 1. The van der Waals surface area contributed by atoms with Crippen LogP contribution < -0.4 is 10.2 Å². The molecule has 1 aromatic carbocycles. The van der Waals surface area contributed by atoms with Gasteiger partial charge in [0.15, 0.2) is 18.8 Å². The van der Waals surface area contributed by atoms with Crippen LogP contribution in [0.25, 0.3) is 0 Å². The second-order valence-corrected chi connectivity index (χ2v) is 8.50. The van der Waals surface area contributed by atoms with Gasteiger partial charge in [0.05, 0.1) is 0 Å². The van der Waals surface area contributed by atoms with Gasteiger partial charge in [-0.25, -0.2) is 4.79 Å². The van der Waals surface area contributed by atoms with E-state index in [9.17, 15) is 9.69 Å². The van der Waals surface area contributed by atoms with E-state index in [-0.39, 0.29) is 18.5 Å². The first-order chi connectivity index (χ1) is 14.8. The molecule has 0 aliphatic carbocycles. The first-order valence-electron chi connectivity index (χ1n) is 9.44. The summed E-state index contributed by atoms with van der Waals surface area (Å²) in [5.41, 5.74) is 0.422. The van der Waals surface area contributed by atoms with Crippen LogP contribution in [0, 0.1) is 4.64 Å². The summed E-state index contributed by atoms with van der Waals surface area (Å²) in [5, 5.41) is 18.2. The molecule has 2 aliphatic rings. The number of aromatic amines is 1. The number of hydrogen-bond donors (Lipinski definition) is 4. The number of nitrogens with one attached hydrogen (secondary N) is 1. The number of aliphatic hydroxyl groups excluding tert-OH is 2. The molecule has 31 heavy (non-hydrogen) atoms. The van der Waals surface area contributed by atoms with Crippen molar-refractivity contribution in [3.05, 3.63) is 56.2 Å². The van der Waals surface area contributed by atoms with E-state index in [0.717, 1.165) is 5.56 Å². The highest BCUT2D eigenvalue weighted by Crippen LogP contribution is 2.61. The predicted octanol–water partition coefficient (Wildman–Crippen LogP) is 3.44. The lowest BCUT2D eigenvalue weighted by molar-refractivity contribution is -0.113. The lowest BCUT2D eigenvalue weighted by atomic mass is 10.2. The van der Waals surface area contributed by atoms with Crippen molar-refractivity contribution in [3.8, 4) is 5.75 Å². The molecule has 1 aromatic heterocycles. The number of nitrogens with zero attached hydrogens (tertiary/aromatic N) is 1. The highest BCUT2D eigenvalue weighted by Gasteiger charge is 2.50. The fraction of sp³-hybridized carbons (Fsp3) is 0.444. The summed E-state index contributed by atoms with van der Waals surface area (Å²) < 4.78 is 21.6. The van der Waals surface area contributed by atoms with Crippen LogP contribution in [0.4, 0.5) is 0 Å². The summed E-state index contributed by atoms with van der Waals surface area (Å²) >= 11 is 10.6. The molecule has 2 aliphatic heterocycles. The van der Waals surface area contributed by atoms with Crippen molar-refractivity contribution >= 4 is 32.0 Å². The number of ether oxygens (including phenoxy) is 1. The number of hydrogen-bond acceptors (Lipinski definition) is 9. The Kier molecular flexibility index (Phi) is 10.0. The molecule has 0 saturated carbocycles. The second-order valence-electron chi connectivity index (χ2n) is 5.98. The zero-order valence-corrected chi connectivity index (χ0v) is 19.4. The standard InChI is InChI=1S/C8H9ClO5P.C8H10N2O3S.C2H6/c9-7-1-2-8-6(3-7)4-12-15(11,14-8)13-5-10;11-7-2-1-6(13-7)10-4-3-5(14)9-8(10)12;1-2/h1-3,10-11H,4-5H2;3-4,6-7,11H,1-2H2,(H,9,12,14);1-2H3/q+1;;/t;6?,7-;/m.0./s1. The molecule has 0 radical (unpaired) electrons. The van der Waals surface area contributed by atoms with Crippen molar-refractivity contribution < 1.29 is 33.4 Å². The van der Waals surface area contributed by atoms with Crippen LogP contribution in [-0.2, 0) is 20.4 Å². The SMILES string of the molecule is CC.O=c1[nH]c(=S)ccn1C1CC[C@@H](O)O1.OCO[P+]1(O)OCc2cc(Cl)ccc2O1. The molecule has 1 fully saturated rings. The van der Waals surface area contributed by atoms with Crippen molar-refractivity contribution in [2.24, 2.45) is 0 Å². The molecule has 4 N–H and O–H groups in total. The summed E-state index contributed by atoms with van der Waals surface area (Å²) in [6.45, 7) is 3.48. The molecule has 2 aromatic rings. The molecule has 3 heterocycles. The lowest BCUT2D eigenvalue weighted by Gasteiger charge is -2.20. The maximum Gasteiger partial charge on any atom is 0.621 e. The van der Waals surface area contributed by atoms with Gasteiger partial charge in [-0.2, -0.15) is 4.89 Å². The average Bonchev–Trinajstić information content (AvgIpc) is 3.16. The summed E-state index contributed by atoms with van der Waals surface area (Å²) in [5.74, 6) is 0.454. The minimum atomic E-state index is -3.40. The maximum atomic E-state index is 11.4. The fourth-order valence-corrected chi connectivity index (χ4v) is 4.05. The normalized spacial score (nSPS) is 24.1. The van der Waals surface area contributed by atoms with Gasteiger partial charge in [0.25, 0.3) is 0 Å².